The molecule has 0 aliphatic carbocycles. The van der Waals surface area contributed by atoms with Crippen molar-refractivity contribution in [2.45, 2.75) is 45.3 Å². The topological polar surface area (TPSA) is 52.0 Å². The minimum absolute atomic E-state index is 0.408. The van der Waals surface area contributed by atoms with Crippen molar-refractivity contribution in [1.82, 2.24) is 20.1 Å². The summed E-state index contributed by atoms with van der Waals surface area (Å²) >= 11 is 0. The molecule has 0 saturated carbocycles. The van der Waals surface area contributed by atoms with Gasteiger partial charge in [-0.3, -0.25) is 0 Å². The zero-order valence-corrected chi connectivity index (χ0v) is 11.6. The van der Waals surface area contributed by atoms with Crippen LogP contribution in [-0.2, 0) is 18.2 Å². The predicted molar refractivity (Wildman–Crippen MR) is 70.3 cm³/mol. The first-order valence-electron chi connectivity index (χ1n) is 6.84. The normalized spacial score (nSPS) is 24.7. The van der Waals surface area contributed by atoms with Crippen LogP contribution in [-0.4, -0.2) is 40.1 Å². The van der Waals surface area contributed by atoms with E-state index in [0.29, 0.717) is 18.1 Å². The average molecular weight is 252 g/mol. The predicted octanol–water partition coefficient (Wildman–Crippen LogP) is 1.15. The molecule has 1 aliphatic rings. The Kier molecular flexibility index (Phi) is 4.72. The van der Waals surface area contributed by atoms with E-state index in [4.69, 9.17) is 4.74 Å². The van der Waals surface area contributed by atoms with Crippen molar-refractivity contribution >= 4 is 0 Å². The van der Waals surface area contributed by atoms with Crippen molar-refractivity contribution in [3.8, 4) is 0 Å². The van der Waals surface area contributed by atoms with Crippen molar-refractivity contribution in [2.75, 3.05) is 13.2 Å². The zero-order valence-electron chi connectivity index (χ0n) is 11.6. The van der Waals surface area contributed by atoms with E-state index in [-0.39, 0.29) is 0 Å². The van der Waals surface area contributed by atoms with E-state index >= 15 is 0 Å². The lowest BCUT2D eigenvalue weighted by molar-refractivity contribution is -0.0242. The van der Waals surface area contributed by atoms with Crippen LogP contribution in [0.2, 0.25) is 0 Å². The van der Waals surface area contributed by atoms with Crippen LogP contribution in [0.3, 0.4) is 0 Å². The van der Waals surface area contributed by atoms with Crippen LogP contribution < -0.4 is 5.32 Å². The summed E-state index contributed by atoms with van der Waals surface area (Å²) in [6.07, 6.45) is 5.32. The maximum absolute atomic E-state index is 5.77. The highest BCUT2D eigenvalue weighted by Gasteiger charge is 2.24. The van der Waals surface area contributed by atoms with Crippen molar-refractivity contribution < 1.29 is 4.74 Å². The Morgan fingerprint density at radius 1 is 1.56 bits per heavy atom. The molecule has 18 heavy (non-hydrogen) atoms. The highest BCUT2D eigenvalue weighted by atomic mass is 16.5. The molecule has 1 fully saturated rings. The molecule has 0 bridgehead atoms. The minimum atomic E-state index is 0.408. The van der Waals surface area contributed by atoms with Gasteiger partial charge in [0.15, 0.2) is 0 Å². The molecule has 1 saturated heterocycles. The average Bonchev–Trinajstić information content (AvgIpc) is 2.76. The SMILES string of the molecule is CC(C)C1CC(NCCc2nncn2C)CCO1. The summed E-state index contributed by atoms with van der Waals surface area (Å²) < 4.78 is 7.75. The largest absolute Gasteiger partial charge is 0.378 e. The second-order valence-electron chi connectivity index (χ2n) is 5.44. The molecule has 0 amide bonds. The van der Waals surface area contributed by atoms with Gasteiger partial charge in [-0.25, -0.2) is 0 Å². The van der Waals surface area contributed by atoms with E-state index in [9.17, 15) is 0 Å². The van der Waals surface area contributed by atoms with Gasteiger partial charge >= 0.3 is 0 Å². The fourth-order valence-corrected chi connectivity index (χ4v) is 2.40. The number of ether oxygens (including phenoxy) is 1. The number of aryl methyl sites for hydroxylation is 1. The van der Waals surface area contributed by atoms with Crippen LogP contribution in [0, 0.1) is 5.92 Å². The Hall–Kier alpha value is -0.940. The van der Waals surface area contributed by atoms with E-state index in [0.717, 1.165) is 38.2 Å². The Balaban J connectivity index is 1.72. The maximum Gasteiger partial charge on any atom is 0.133 e. The molecule has 1 aromatic rings. The molecule has 2 atom stereocenters. The minimum Gasteiger partial charge on any atom is -0.378 e. The highest BCUT2D eigenvalue weighted by Crippen LogP contribution is 2.20. The second kappa shape index (κ2) is 6.29. The van der Waals surface area contributed by atoms with E-state index in [1.807, 2.05) is 11.6 Å². The first-order valence-corrected chi connectivity index (χ1v) is 6.84. The third-order valence-corrected chi connectivity index (χ3v) is 3.65. The molecule has 0 radical (unpaired) electrons. The summed E-state index contributed by atoms with van der Waals surface area (Å²) in [5.74, 6) is 1.64. The molecule has 2 unspecified atom stereocenters. The van der Waals surface area contributed by atoms with Crippen LogP contribution in [0.4, 0.5) is 0 Å². The maximum atomic E-state index is 5.77. The molecule has 2 heterocycles. The Labute approximate surface area is 109 Å². The van der Waals surface area contributed by atoms with E-state index in [1.165, 1.54) is 0 Å². The molecule has 1 aliphatic heterocycles. The Bertz CT molecular complexity index is 364. The molecule has 5 nitrogen and oxygen atoms in total. The summed E-state index contributed by atoms with van der Waals surface area (Å²) in [4.78, 5) is 0. The van der Waals surface area contributed by atoms with Gasteiger partial charge in [-0.15, -0.1) is 10.2 Å². The fourth-order valence-electron chi connectivity index (χ4n) is 2.40. The van der Waals surface area contributed by atoms with Gasteiger partial charge in [0, 0.05) is 32.7 Å². The summed E-state index contributed by atoms with van der Waals surface area (Å²) in [5.41, 5.74) is 0. The van der Waals surface area contributed by atoms with Gasteiger partial charge in [0.1, 0.15) is 12.2 Å². The van der Waals surface area contributed by atoms with Gasteiger partial charge in [-0.05, 0) is 18.8 Å². The summed E-state index contributed by atoms with van der Waals surface area (Å²) in [7, 11) is 1.98. The van der Waals surface area contributed by atoms with Crippen LogP contribution in [0.5, 0.6) is 0 Å². The van der Waals surface area contributed by atoms with Crippen LogP contribution in [0.25, 0.3) is 0 Å². The Morgan fingerprint density at radius 2 is 2.39 bits per heavy atom. The molecular formula is C13H24N4O. The second-order valence-corrected chi connectivity index (χ2v) is 5.44. The van der Waals surface area contributed by atoms with Crippen LogP contribution in [0.1, 0.15) is 32.5 Å². The molecule has 1 aromatic heterocycles. The smallest absolute Gasteiger partial charge is 0.133 e. The standard InChI is InChI=1S/C13H24N4O/c1-10(2)12-8-11(5-7-18-12)14-6-4-13-16-15-9-17(13)3/h9-12,14H,4-8H2,1-3H3. The van der Waals surface area contributed by atoms with Crippen LogP contribution in [0.15, 0.2) is 6.33 Å². The molecular weight excluding hydrogens is 228 g/mol. The summed E-state index contributed by atoms with van der Waals surface area (Å²) in [5, 5.41) is 11.6. The molecule has 5 heteroatoms. The molecule has 1 N–H and O–H groups in total. The van der Waals surface area contributed by atoms with E-state index in [2.05, 4.69) is 29.4 Å². The fraction of sp³-hybridized carbons (Fsp3) is 0.846. The van der Waals surface area contributed by atoms with Crippen LogP contribution >= 0.6 is 0 Å². The first-order chi connectivity index (χ1) is 8.66. The van der Waals surface area contributed by atoms with Crippen molar-refractivity contribution in [3.05, 3.63) is 12.2 Å². The molecule has 2 rings (SSSR count). The number of rotatable bonds is 5. The van der Waals surface area contributed by atoms with Crippen molar-refractivity contribution in [1.29, 1.82) is 0 Å². The number of nitrogens with one attached hydrogen (secondary N) is 1. The Morgan fingerprint density at radius 3 is 3.06 bits per heavy atom. The lowest BCUT2D eigenvalue weighted by Crippen LogP contribution is -2.41. The van der Waals surface area contributed by atoms with Gasteiger partial charge in [-0.2, -0.15) is 0 Å². The third-order valence-electron chi connectivity index (χ3n) is 3.65. The van der Waals surface area contributed by atoms with Gasteiger partial charge in [0.25, 0.3) is 0 Å². The third kappa shape index (κ3) is 3.53. The molecule has 0 aromatic carbocycles. The quantitative estimate of drug-likeness (QED) is 0.854. The monoisotopic (exact) mass is 252 g/mol. The zero-order chi connectivity index (χ0) is 13.0. The number of hydrogen-bond acceptors (Lipinski definition) is 4. The molecule has 0 spiro atoms. The molecule has 102 valence electrons. The summed E-state index contributed by atoms with van der Waals surface area (Å²) in [6.45, 7) is 6.30. The lowest BCUT2D eigenvalue weighted by atomic mass is 9.95. The highest BCUT2D eigenvalue weighted by molar-refractivity contribution is 4.86. The van der Waals surface area contributed by atoms with E-state index < -0.39 is 0 Å². The lowest BCUT2D eigenvalue weighted by Gasteiger charge is -2.32. The van der Waals surface area contributed by atoms with Crippen molar-refractivity contribution in [3.63, 3.8) is 0 Å². The number of hydrogen-bond donors (Lipinski definition) is 1. The van der Waals surface area contributed by atoms with Gasteiger partial charge in [-0.1, -0.05) is 13.8 Å². The van der Waals surface area contributed by atoms with Gasteiger partial charge < -0.3 is 14.6 Å². The first kappa shape index (κ1) is 13.5. The van der Waals surface area contributed by atoms with Crippen molar-refractivity contribution in [2.24, 2.45) is 13.0 Å². The summed E-state index contributed by atoms with van der Waals surface area (Å²) in [6, 6.07) is 0.583. The van der Waals surface area contributed by atoms with E-state index in [1.54, 1.807) is 6.33 Å². The van der Waals surface area contributed by atoms with Gasteiger partial charge in [0.2, 0.25) is 0 Å². The van der Waals surface area contributed by atoms with Gasteiger partial charge in [0.05, 0.1) is 6.10 Å². The number of nitrogens with zero attached hydrogens (tertiary/aromatic N) is 3. The number of aromatic nitrogens is 3.